The van der Waals surface area contributed by atoms with E-state index < -0.39 is 0 Å². The van der Waals surface area contributed by atoms with Gasteiger partial charge in [0.1, 0.15) is 6.61 Å². The number of ether oxygens (including phenoxy) is 1. The largest absolute Gasteiger partial charge is 0.369 e. The average Bonchev–Trinajstić information content (AvgIpc) is 2.51. The van der Waals surface area contributed by atoms with Crippen molar-refractivity contribution in [3.8, 4) is 0 Å². The van der Waals surface area contributed by atoms with E-state index in [0.717, 1.165) is 0 Å². The molecule has 1 aliphatic heterocycles. The molecule has 0 spiro atoms. The number of carbonyl (C=O) groups excluding carboxylic acids is 1. The Morgan fingerprint density at radius 1 is 1.69 bits per heavy atom. The van der Waals surface area contributed by atoms with E-state index in [4.69, 9.17) is 4.74 Å². The molecule has 1 amide bonds. The molecule has 70 valence electrons. The van der Waals surface area contributed by atoms with Gasteiger partial charge in [-0.25, -0.2) is 0 Å². The minimum absolute atomic E-state index is 0.0240. The fourth-order valence-corrected chi connectivity index (χ4v) is 2.39. The van der Waals surface area contributed by atoms with Crippen LogP contribution in [-0.2, 0) is 9.53 Å². The van der Waals surface area contributed by atoms with Gasteiger partial charge >= 0.3 is 0 Å². The first-order chi connectivity index (χ1) is 6.27. The molecule has 1 saturated heterocycles. The smallest absolute Gasteiger partial charge is 0.246 e. The molecular weight excluding hydrogens is 186 g/mol. The zero-order chi connectivity index (χ0) is 9.26. The molecule has 0 unspecified atom stereocenters. The molecule has 2 heterocycles. The second-order valence-corrected chi connectivity index (χ2v) is 4.05. The maximum Gasteiger partial charge on any atom is 0.246 e. The van der Waals surface area contributed by atoms with Crippen LogP contribution in [0, 0.1) is 6.92 Å². The quantitative estimate of drug-likeness (QED) is 0.735. The lowest BCUT2D eigenvalue weighted by Gasteiger charge is -2.23. The highest BCUT2D eigenvalue weighted by molar-refractivity contribution is 7.10. The van der Waals surface area contributed by atoms with Crippen molar-refractivity contribution >= 4 is 17.2 Å². The van der Waals surface area contributed by atoms with Gasteiger partial charge in [-0.1, -0.05) is 0 Å². The first-order valence-electron chi connectivity index (χ1n) is 4.18. The third kappa shape index (κ3) is 1.73. The topological polar surface area (TPSA) is 38.3 Å². The third-order valence-corrected chi connectivity index (χ3v) is 3.20. The molecule has 4 heteroatoms. The Morgan fingerprint density at radius 2 is 2.54 bits per heavy atom. The molecule has 0 aromatic carbocycles. The highest BCUT2D eigenvalue weighted by Crippen LogP contribution is 2.25. The number of nitrogens with one attached hydrogen (secondary N) is 1. The average molecular weight is 197 g/mol. The zero-order valence-electron chi connectivity index (χ0n) is 7.37. The molecule has 0 radical (unpaired) electrons. The van der Waals surface area contributed by atoms with Gasteiger partial charge < -0.3 is 10.1 Å². The molecule has 1 atom stereocenters. The number of morpholine rings is 1. The van der Waals surface area contributed by atoms with Crippen molar-refractivity contribution in [1.82, 2.24) is 5.32 Å². The Hall–Kier alpha value is -0.870. The summed E-state index contributed by atoms with van der Waals surface area (Å²) in [5.74, 6) is -0.0240. The Kier molecular flexibility index (Phi) is 2.33. The maximum absolute atomic E-state index is 11.0. The minimum Gasteiger partial charge on any atom is -0.369 e. The summed E-state index contributed by atoms with van der Waals surface area (Å²) in [6, 6.07) is 2.11. The van der Waals surface area contributed by atoms with Gasteiger partial charge in [0, 0.05) is 4.88 Å². The molecule has 1 N–H and O–H groups in total. The van der Waals surface area contributed by atoms with Crippen LogP contribution in [0.3, 0.4) is 0 Å². The lowest BCUT2D eigenvalue weighted by Crippen LogP contribution is -2.39. The van der Waals surface area contributed by atoms with E-state index >= 15 is 0 Å². The summed E-state index contributed by atoms with van der Waals surface area (Å²) in [4.78, 5) is 12.3. The first kappa shape index (κ1) is 8.72. The number of hydrogen-bond donors (Lipinski definition) is 1. The summed E-state index contributed by atoms with van der Waals surface area (Å²) in [7, 11) is 0. The standard InChI is InChI=1S/C9H11NO2S/c1-6-2-3-13-9(6)7-4-12-5-8(11)10-7/h2-3,7H,4-5H2,1H3,(H,10,11)/t7-/m0/s1. The van der Waals surface area contributed by atoms with Crippen LogP contribution in [0.1, 0.15) is 16.5 Å². The van der Waals surface area contributed by atoms with Crippen molar-refractivity contribution in [2.75, 3.05) is 13.2 Å². The van der Waals surface area contributed by atoms with Gasteiger partial charge in [0.2, 0.25) is 5.91 Å². The maximum atomic E-state index is 11.0. The van der Waals surface area contributed by atoms with Gasteiger partial charge in [-0.3, -0.25) is 4.79 Å². The van der Waals surface area contributed by atoms with Gasteiger partial charge in [-0.2, -0.15) is 0 Å². The van der Waals surface area contributed by atoms with E-state index in [1.54, 1.807) is 11.3 Å². The number of carbonyl (C=O) groups is 1. The highest BCUT2D eigenvalue weighted by Gasteiger charge is 2.22. The van der Waals surface area contributed by atoms with Gasteiger partial charge in [-0.15, -0.1) is 11.3 Å². The summed E-state index contributed by atoms with van der Waals surface area (Å²) in [5, 5.41) is 4.94. The number of thiophene rings is 1. The van der Waals surface area contributed by atoms with Crippen molar-refractivity contribution in [2.24, 2.45) is 0 Å². The van der Waals surface area contributed by atoms with E-state index in [2.05, 4.69) is 11.4 Å². The molecule has 0 aliphatic carbocycles. The van der Waals surface area contributed by atoms with Gasteiger partial charge in [0.25, 0.3) is 0 Å². The molecule has 2 rings (SSSR count). The molecular formula is C9H11NO2S. The lowest BCUT2D eigenvalue weighted by atomic mass is 10.1. The number of rotatable bonds is 1. The Bertz CT molecular complexity index is 321. The van der Waals surface area contributed by atoms with Gasteiger partial charge in [0.05, 0.1) is 12.6 Å². The van der Waals surface area contributed by atoms with Crippen LogP contribution in [0.5, 0.6) is 0 Å². The molecule has 3 nitrogen and oxygen atoms in total. The predicted molar refractivity (Wildman–Crippen MR) is 50.8 cm³/mol. The predicted octanol–water partition coefficient (Wildman–Crippen LogP) is 1.24. The van der Waals surface area contributed by atoms with Gasteiger partial charge in [0.15, 0.2) is 0 Å². The van der Waals surface area contributed by atoms with Gasteiger partial charge in [-0.05, 0) is 23.9 Å². The Balaban J connectivity index is 2.17. The normalized spacial score (nSPS) is 22.8. The fraction of sp³-hybridized carbons (Fsp3) is 0.444. The first-order valence-corrected chi connectivity index (χ1v) is 5.06. The molecule has 1 fully saturated rings. The molecule has 13 heavy (non-hydrogen) atoms. The summed E-state index contributed by atoms with van der Waals surface area (Å²) in [6.45, 7) is 2.83. The second-order valence-electron chi connectivity index (χ2n) is 3.10. The van der Waals surface area contributed by atoms with Crippen LogP contribution in [0.2, 0.25) is 0 Å². The lowest BCUT2D eigenvalue weighted by molar-refractivity contribution is -0.131. The highest BCUT2D eigenvalue weighted by atomic mass is 32.1. The Morgan fingerprint density at radius 3 is 3.15 bits per heavy atom. The van der Waals surface area contributed by atoms with Crippen molar-refractivity contribution in [1.29, 1.82) is 0 Å². The summed E-state index contributed by atoms with van der Waals surface area (Å²) in [6.07, 6.45) is 0. The van der Waals surface area contributed by atoms with Crippen molar-refractivity contribution < 1.29 is 9.53 Å². The summed E-state index contributed by atoms with van der Waals surface area (Å²) >= 11 is 1.66. The van der Waals surface area contributed by atoms with Crippen LogP contribution in [-0.4, -0.2) is 19.1 Å². The zero-order valence-corrected chi connectivity index (χ0v) is 8.19. The van der Waals surface area contributed by atoms with Crippen LogP contribution in [0.4, 0.5) is 0 Å². The van der Waals surface area contributed by atoms with E-state index in [-0.39, 0.29) is 18.6 Å². The fourth-order valence-electron chi connectivity index (χ4n) is 1.43. The SMILES string of the molecule is Cc1ccsc1[C@@H]1COCC(=O)N1. The molecule has 1 aromatic rings. The second kappa shape index (κ2) is 3.47. The summed E-state index contributed by atoms with van der Waals surface area (Å²) in [5.41, 5.74) is 1.22. The van der Waals surface area contributed by atoms with Crippen LogP contribution in [0.15, 0.2) is 11.4 Å². The molecule has 1 aliphatic rings. The third-order valence-electron chi connectivity index (χ3n) is 2.07. The van der Waals surface area contributed by atoms with Crippen LogP contribution < -0.4 is 5.32 Å². The van der Waals surface area contributed by atoms with E-state index in [1.807, 2.05) is 12.3 Å². The number of hydrogen-bond acceptors (Lipinski definition) is 3. The van der Waals surface area contributed by atoms with E-state index in [0.29, 0.717) is 6.61 Å². The molecule has 0 bridgehead atoms. The number of amides is 1. The van der Waals surface area contributed by atoms with E-state index in [1.165, 1.54) is 10.4 Å². The van der Waals surface area contributed by atoms with Crippen LogP contribution in [0.25, 0.3) is 0 Å². The van der Waals surface area contributed by atoms with Crippen molar-refractivity contribution in [3.63, 3.8) is 0 Å². The minimum atomic E-state index is -0.0240. The molecule has 0 saturated carbocycles. The van der Waals surface area contributed by atoms with Crippen molar-refractivity contribution in [2.45, 2.75) is 13.0 Å². The molecule has 1 aromatic heterocycles. The number of aryl methyl sites for hydroxylation is 1. The monoisotopic (exact) mass is 197 g/mol. The van der Waals surface area contributed by atoms with E-state index in [9.17, 15) is 4.79 Å². The van der Waals surface area contributed by atoms with Crippen molar-refractivity contribution in [3.05, 3.63) is 21.9 Å². The Labute approximate surface area is 80.7 Å². The van der Waals surface area contributed by atoms with Crippen LogP contribution >= 0.6 is 11.3 Å². The summed E-state index contributed by atoms with van der Waals surface area (Å²) < 4.78 is 5.17.